The van der Waals surface area contributed by atoms with Gasteiger partial charge in [0.1, 0.15) is 5.15 Å². The van der Waals surface area contributed by atoms with E-state index in [1.54, 1.807) is 18.3 Å². The van der Waals surface area contributed by atoms with Gasteiger partial charge in [0.25, 0.3) is 0 Å². The van der Waals surface area contributed by atoms with Gasteiger partial charge in [0, 0.05) is 41.5 Å². The summed E-state index contributed by atoms with van der Waals surface area (Å²) in [6.45, 7) is 0. The van der Waals surface area contributed by atoms with E-state index in [0.717, 1.165) is 10.9 Å². The molecule has 2 heterocycles. The summed E-state index contributed by atoms with van der Waals surface area (Å²) in [6.07, 6.45) is 3.39. The maximum Gasteiger partial charge on any atom is 0.195 e. The highest BCUT2D eigenvalue weighted by Gasteiger charge is 2.15. The molecule has 0 aliphatic carbocycles. The Balaban J connectivity index is 2.17. The van der Waals surface area contributed by atoms with E-state index in [1.807, 2.05) is 42.1 Å². The molecule has 0 saturated heterocycles. The summed E-state index contributed by atoms with van der Waals surface area (Å²) in [4.78, 5) is 16.4. The quantitative estimate of drug-likeness (QED) is 0.528. The first kappa shape index (κ1) is 11.9. The molecule has 0 atom stereocenters. The summed E-state index contributed by atoms with van der Waals surface area (Å²) in [5.74, 6) is -0.0406. The summed E-state index contributed by atoms with van der Waals surface area (Å²) < 4.78 is 1.95. The molecule has 4 heteroatoms. The predicted octanol–water partition coefficient (Wildman–Crippen LogP) is 3.46. The number of ketones is 1. The molecule has 0 aliphatic rings. The van der Waals surface area contributed by atoms with Gasteiger partial charge in [0.15, 0.2) is 5.78 Å². The van der Waals surface area contributed by atoms with Gasteiger partial charge >= 0.3 is 0 Å². The molecular weight excluding hydrogens is 260 g/mol. The van der Waals surface area contributed by atoms with Crippen LogP contribution in [0.25, 0.3) is 10.9 Å². The number of benzene rings is 1. The molecular formula is C15H11ClN2O. The minimum Gasteiger partial charge on any atom is -0.350 e. The molecule has 0 aliphatic heterocycles. The van der Waals surface area contributed by atoms with Crippen LogP contribution in [0.15, 0.2) is 48.8 Å². The van der Waals surface area contributed by atoms with Gasteiger partial charge in [-0.3, -0.25) is 4.79 Å². The number of carbonyl (C=O) groups is 1. The van der Waals surface area contributed by atoms with Crippen LogP contribution in [0.5, 0.6) is 0 Å². The number of fused-ring (bicyclic) bond motifs is 1. The number of rotatable bonds is 2. The lowest BCUT2D eigenvalue weighted by molar-refractivity contribution is 0.104. The number of aryl methyl sites for hydroxylation is 1. The number of para-hydroxylation sites is 1. The topological polar surface area (TPSA) is 34.9 Å². The van der Waals surface area contributed by atoms with Crippen molar-refractivity contribution in [2.45, 2.75) is 0 Å². The van der Waals surface area contributed by atoms with Crippen LogP contribution >= 0.6 is 11.6 Å². The zero-order valence-electron chi connectivity index (χ0n) is 10.3. The second-order valence-corrected chi connectivity index (χ2v) is 4.75. The van der Waals surface area contributed by atoms with Gasteiger partial charge in [0.2, 0.25) is 0 Å². The van der Waals surface area contributed by atoms with E-state index in [1.165, 1.54) is 0 Å². The first-order chi connectivity index (χ1) is 9.16. The van der Waals surface area contributed by atoms with Gasteiger partial charge in [-0.15, -0.1) is 0 Å². The van der Waals surface area contributed by atoms with E-state index in [2.05, 4.69) is 4.98 Å². The van der Waals surface area contributed by atoms with E-state index in [4.69, 9.17) is 11.6 Å². The summed E-state index contributed by atoms with van der Waals surface area (Å²) in [5, 5.41) is 1.27. The standard InChI is InChI=1S/C15H11ClN2O/c1-18-9-12(11-4-2-3-5-13(11)18)15(19)10-6-7-17-14(16)8-10/h2-9H,1H3. The molecule has 0 spiro atoms. The van der Waals surface area contributed by atoms with Crippen molar-refractivity contribution in [1.29, 1.82) is 0 Å². The van der Waals surface area contributed by atoms with Crippen LogP contribution in [-0.2, 0) is 7.05 Å². The Morgan fingerprint density at radius 2 is 2.05 bits per heavy atom. The van der Waals surface area contributed by atoms with E-state index in [9.17, 15) is 4.79 Å². The van der Waals surface area contributed by atoms with E-state index >= 15 is 0 Å². The molecule has 2 aromatic heterocycles. The molecule has 0 N–H and O–H groups in total. The zero-order valence-corrected chi connectivity index (χ0v) is 11.1. The van der Waals surface area contributed by atoms with E-state index in [-0.39, 0.29) is 5.78 Å². The summed E-state index contributed by atoms with van der Waals surface area (Å²) >= 11 is 5.83. The Kier molecular flexibility index (Phi) is 2.84. The average Bonchev–Trinajstić information content (AvgIpc) is 2.76. The monoisotopic (exact) mass is 270 g/mol. The van der Waals surface area contributed by atoms with Gasteiger partial charge in [-0.25, -0.2) is 4.98 Å². The Hall–Kier alpha value is -2.13. The van der Waals surface area contributed by atoms with Crippen LogP contribution in [0.4, 0.5) is 0 Å². The number of nitrogens with zero attached hydrogens (tertiary/aromatic N) is 2. The van der Waals surface area contributed by atoms with Crippen molar-refractivity contribution >= 4 is 28.3 Å². The van der Waals surface area contributed by atoms with Crippen molar-refractivity contribution in [3.05, 3.63) is 65.1 Å². The van der Waals surface area contributed by atoms with Gasteiger partial charge in [-0.05, 0) is 18.2 Å². The Labute approximate surface area is 115 Å². The molecule has 94 valence electrons. The lowest BCUT2D eigenvalue weighted by Gasteiger charge is -1.99. The Morgan fingerprint density at radius 3 is 2.84 bits per heavy atom. The summed E-state index contributed by atoms with van der Waals surface area (Å²) in [6, 6.07) is 11.1. The van der Waals surface area contributed by atoms with Crippen LogP contribution in [-0.4, -0.2) is 15.3 Å². The first-order valence-corrected chi connectivity index (χ1v) is 6.25. The molecule has 0 unspecified atom stereocenters. The number of aromatic nitrogens is 2. The average molecular weight is 271 g/mol. The van der Waals surface area contributed by atoms with Gasteiger partial charge in [0.05, 0.1) is 0 Å². The van der Waals surface area contributed by atoms with Crippen molar-refractivity contribution in [1.82, 2.24) is 9.55 Å². The Morgan fingerprint density at radius 1 is 1.26 bits per heavy atom. The van der Waals surface area contributed by atoms with Crippen molar-refractivity contribution in [3.8, 4) is 0 Å². The lowest BCUT2D eigenvalue weighted by atomic mass is 10.0. The molecule has 0 amide bonds. The zero-order chi connectivity index (χ0) is 13.4. The van der Waals surface area contributed by atoms with Crippen molar-refractivity contribution < 1.29 is 4.79 Å². The van der Waals surface area contributed by atoms with Crippen molar-refractivity contribution in [2.24, 2.45) is 7.05 Å². The third kappa shape index (κ3) is 2.02. The van der Waals surface area contributed by atoms with Crippen LogP contribution in [0.2, 0.25) is 5.15 Å². The summed E-state index contributed by atoms with van der Waals surface area (Å²) in [5.41, 5.74) is 2.27. The predicted molar refractivity (Wildman–Crippen MR) is 75.6 cm³/mol. The fraction of sp³-hybridized carbons (Fsp3) is 0.0667. The molecule has 19 heavy (non-hydrogen) atoms. The van der Waals surface area contributed by atoms with Crippen LogP contribution in [0.3, 0.4) is 0 Å². The largest absolute Gasteiger partial charge is 0.350 e. The van der Waals surface area contributed by atoms with Gasteiger partial charge in [-0.2, -0.15) is 0 Å². The lowest BCUT2D eigenvalue weighted by Crippen LogP contribution is -2.00. The minimum absolute atomic E-state index is 0.0406. The molecule has 3 nitrogen and oxygen atoms in total. The maximum absolute atomic E-state index is 12.5. The van der Waals surface area contributed by atoms with Crippen LogP contribution in [0, 0.1) is 0 Å². The van der Waals surface area contributed by atoms with Crippen molar-refractivity contribution in [3.63, 3.8) is 0 Å². The van der Waals surface area contributed by atoms with Gasteiger partial charge < -0.3 is 4.57 Å². The number of halogens is 1. The molecule has 0 fully saturated rings. The van der Waals surface area contributed by atoms with Crippen molar-refractivity contribution in [2.75, 3.05) is 0 Å². The third-order valence-corrected chi connectivity index (χ3v) is 3.34. The fourth-order valence-corrected chi connectivity index (χ4v) is 2.40. The number of hydrogen-bond donors (Lipinski definition) is 0. The number of carbonyl (C=O) groups excluding carboxylic acids is 1. The normalized spacial score (nSPS) is 10.8. The van der Waals surface area contributed by atoms with Gasteiger partial charge in [-0.1, -0.05) is 29.8 Å². The van der Waals surface area contributed by atoms with Crippen LogP contribution < -0.4 is 0 Å². The van der Waals surface area contributed by atoms with E-state index in [0.29, 0.717) is 16.3 Å². The first-order valence-electron chi connectivity index (χ1n) is 5.87. The van der Waals surface area contributed by atoms with Crippen LogP contribution in [0.1, 0.15) is 15.9 Å². The third-order valence-electron chi connectivity index (χ3n) is 3.13. The number of hydrogen-bond acceptors (Lipinski definition) is 2. The molecule has 0 bridgehead atoms. The molecule has 0 radical (unpaired) electrons. The second kappa shape index (κ2) is 4.52. The van der Waals surface area contributed by atoms with E-state index < -0.39 is 0 Å². The summed E-state index contributed by atoms with van der Waals surface area (Å²) in [7, 11) is 1.93. The highest BCUT2D eigenvalue weighted by Crippen LogP contribution is 2.23. The maximum atomic E-state index is 12.5. The number of pyridine rings is 1. The smallest absolute Gasteiger partial charge is 0.195 e. The highest BCUT2D eigenvalue weighted by atomic mass is 35.5. The fourth-order valence-electron chi connectivity index (χ4n) is 2.22. The molecule has 3 rings (SSSR count). The highest BCUT2D eigenvalue weighted by molar-refractivity contribution is 6.30. The molecule has 0 saturated carbocycles. The SMILES string of the molecule is Cn1cc(C(=O)c2ccnc(Cl)c2)c2ccccc21. The second-order valence-electron chi connectivity index (χ2n) is 4.37. The minimum atomic E-state index is -0.0406. The Bertz CT molecular complexity index is 777. The molecule has 3 aromatic rings. The molecule has 1 aromatic carbocycles.